The summed E-state index contributed by atoms with van der Waals surface area (Å²) in [6.07, 6.45) is 0.951. The molecule has 2 N–H and O–H groups in total. The molecule has 0 saturated carbocycles. The largest absolute Gasteiger partial charge is 0.467 e. The molecule has 16 heteroatoms. The standard InChI is InChI=1S/C31H29N7O7S2/c1-37-30(34-35-36-37)47-17-21-16-46-29-31(43-2,33-26(40)23(32-18-39)22-14-9-15-44-22)28(42)38(29)24(21)27(41)45-25(19-10-5-3-6-11-19)20-12-7-4-8-13-20/h3-15,18,23,25,29H,16-17H2,1-2H3,(H,32,39)(H,33,40)/t23?,29?,31-/m0/s1. The maximum absolute atomic E-state index is 14.3. The van der Waals surface area contributed by atoms with Gasteiger partial charge in [0.25, 0.3) is 17.5 Å². The Labute approximate surface area is 277 Å². The Hall–Kier alpha value is -4.93. The second-order valence-electron chi connectivity index (χ2n) is 10.4. The van der Waals surface area contributed by atoms with Crippen LogP contribution in [0.15, 0.2) is 99.9 Å². The minimum atomic E-state index is -1.84. The number of aryl methyl sites for hydroxylation is 1. The number of β-lactam (4-membered cyclic amide) rings is 1. The Morgan fingerprint density at radius 1 is 1.13 bits per heavy atom. The lowest BCUT2D eigenvalue weighted by Gasteiger charge is -2.56. The van der Waals surface area contributed by atoms with Gasteiger partial charge in [-0.2, -0.15) is 0 Å². The fourth-order valence-corrected chi connectivity index (χ4v) is 7.78. The summed E-state index contributed by atoms with van der Waals surface area (Å²) in [4.78, 5) is 54.4. The number of carbonyl (C=O) groups is 4. The van der Waals surface area contributed by atoms with E-state index in [1.807, 2.05) is 60.7 Å². The van der Waals surface area contributed by atoms with E-state index in [0.29, 0.717) is 22.9 Å². The summed E-state index contributed by atoms with van der Waals surface area (Å²) in [6.45, 7) is 0. The zero-order valence-corrected chi connectivity index (χ0v) is 26.8. The Morgan fingerprint density at radius 3 is 2.40 bits per heavy atom. The zero-order valence-electron chi connectivity index (χ0n) is 25.1. The highest BCUT2D eigenvalue weighted by Gasteiger charge is 2.67. The summed E-state index contributed by atoms with van der Waals surface area (Å²) in [6, 6.07) is 20.5. The molecule has 0 bridgehead atoms. The van der Waals surface area contributed by atoms with Crippen molar-refractivity contribution in [2.24, 2.45) is 7.05 Å². The van der Waals surface area contributed by atoms with E-state index >= 15 is 0 Å². The second-order valence-corrected chi connectivity index (χ2v) is 12.4. The number of nitrogens with one attached hydrogen (secondary N) is 2. The molecule has 4 aromatic rings. The quantitative estimate of drug-likeness (QED) is 0.0698. The highest BCUT2D eigenvalue weighted by Crippen LogP contribution is 2.48. The minimum absolute atomic E-state index is 0.0498. The molecule has 2 unspecified atom stereocenters. The molecular weight excluding hydrogens is 647 g/mol. The van der Waals surface area contributed by atoms with Crippen LogP contribution in [0.3, 0.4) is 0 Å². The molecule has 1 saturated heterocycles. The summed E-state index contributed by atoms with van der Waals surface area (Å²) >= 11 is 2.61. The monoisotopic (exact) mass is 675 g/mol. The SMILES string of the molecule is CO[C@@]1(NC(=O)C(NC=O)c2ccco2)C(=O)N2C(C(=O)OC(c3ccccc3)c3ccccc3)=C(CSc3nnnn3C)CSC21. The van der Waals surface area contributed by atoms with Crippen LogP contribution >= 0.6 is 23.5 Å². The van der Waals surface area contributed by atoms with Crippen LogP contribution in [0, 0.1) is 0 Å². The van der Waals surface area contributed by atoms with Gasteiger partial charge in [0.15, 0.2) is 12.1 Å². The summed E-state index contributed by atoms with van der Waals surface area (Å²) in [5, 5.41) is 16.3. The first-order valence-corrected chi connectivity index (χ1v) is 16.3. The summed E-state index contributed by atoms with van der Waals surface area (Å²) in [5.41, 5.74) is 0.317. The predicted octanol–water partition coefficient (Wildman–Crippen LogP) is 2.34. The normalized spacial score (nSPS) is 19.5. The van der Waals surface area contributed by atoms with Crippen molar-refractivity contribution < 1.29 is 33.1 Å². The zero-order chi connectivity index (χ0) is 33.0. The fourth-order valence-electron chi connectivity index (χ4n) is 5.35. The lowest BCUT2D eigenvalue weighted by Crippen LogP contribution is -2.81. The van der Waals surface area contributed by atoms with Gasteiger partial charge in [-0.15, -0.1) is 16.9 Å². The van der Waals surface area contributed by atoms with E-state index in [1.54, 1.807) is 13.1 Å². The average Bonchev–Trinajstić information content (AvgIpc) is 3.79. The number of carbonyl (C=O) groups excluding carboxylic acids is 4. The van der Waals surface area contributed by atoms with Crippen LogP contribution in [-0.2, 0) is 35.7 Å². The van der Waals surface area contributed by atoms with Gasteiger partial charge in [0.05, 0.1) is 6.26 Å². The third-order valence-electron chi connectivity index (χ3n) is 7.65. The third-order valence-corrected chi connectivity index (χ3v) is 10.1. The van der Waals surface area contributed by atoms with Crippen LogP contribution in [0.5, 0.6) is 0 Å². The number of hydrogen-bond acceptors (Lipinski definition) is 12. The molecule has 47 heavy (non-hydrogen) atoms. The highest BCUT2D eigenvalue weighted by molar-refractivity contribution is 8.01. The number of thioether (sulfide) groups is 2. The maximum atomic E-state index is 14.3. The number of methoxy groups -OCH3 is 1. The van der Waals surface area contributed by atoms with Gasteiger partial charge in [0.2, 0.25) is 11.6 Å². The number of rotatable bonds is 13. The molecule has 2 aliphatic heterocycles. The predicted molar refractivity (Wildman–Crippen MR) is 169 cm³/mol. The lowest BCUT2D eigenvalue weighted by atomic mass is 9.97. The first-order valence-electron chi connectivity index (χ1n) is 14.3. The van der Waals surface area contributed by atoms with Crippen LogP contribution in [-0.4, -0.2) is 79.0 Å². The minimum Gasteiger partial charge on any atom is -0.467 e. The van der Waals surface area contributed by atoms with Gasteiger partial charge in [-0.1, -0.05) is 72.4 Å². The smallest absolute Gasteiger partial charge is 0.356 e. The van der Waals surface area contributed by atoms with Gasteiger partial charge in [-0.25, -0.2) is 9.48 Å². The maximum Gasteiger partial charge on any atom is 0.356 e. The van der Waals surface area contributed by atoms with Gasteiger partial charge in [-0.3, -0.25) is 19.3 Å². The number of ether oxygens (including phenoxy) is 2. The Balaban J connectivity index is 1.33. The Morgan fingerprint density at radius 2 is 1.83 bits per heavy atom. The van der Waals surface area contributed by atoms with Gasteiger partial charge in [0, 0.05) is 25.7 Å². The van der Waals surface area contributed by atoms with Crippen molar-refractivity contribution >= 4 is 47.7 Å². The molecule has 3 atom stereocenters. The van der Waals surface area contributed by atoms with Crippen LogP contribution in [0.4, 0.5) is 0 Å². The number of amides is 3. The molecule has 0 spiro atoms. The van der Waals surface area contributed by atoms with Crippen molar-refractivity contribution in [1.29, 1.82) is 0 Å². The molecule has 2 aliphatic rings. The molecule has 0 radical (unpaired) electrons. The number of fused-ring (bicyclic) bond motifs is 1. The third kappa shape index (κ3) is 6.14. The molecule has 4 heterocycles. The first-order chi connectivity index (χ1) is 22.9. The van der Waals surface area contributed by atoms with Crippen LogP contribution < -0.4 is 10.6 Å². The number of furan rings is 1. The average molecular weight is 676 g/mol. The fraction of sp³-hybridized carbons (Fsp3) is 0.258. The van der Waals surface area contributed by atoms with Crippen molar-refractivity contribution in [1.82, 2.24) is 35.7 Å². The molecule has 2 aromatic carbocycles. The van der Waals surface area contributed by atoms with Gasteiger partial charge >= 0.3 is 5.97 Å². The highest BCUT2D eigenvalue weighted by atomic mass is 32.2. The van der Waals surface area contributed by atoms with Crippen LogP contribution in [0.25, 0.3) is 0 Å². The van der Waals surface area contributed by atoms with Crippen LogP contribution in [0.2, 0.25) is 0 Å². The molecule has 6 rings (SSSR count). The molecular formula is C31H29N7O7S2. The van der Waals surface area contributed by atoms with Crippen molar-refractivity contribution in [2.75, 3.05) is 18.6 Å². The molecule has 3 amide bonds. The summed E-state index contributed by atoms with van der Waals surface area (Å²) < 4.78 is 18.7. The van der Waals surface area contributed by atoms with E-state index in [-0.39, 0.29) is 17.2 Å². The topological polar surface area (TPSA) is 171 Å². The first kappa shape index (κ1) is 32.0. The molecule has 14 nitrogen and oxygen atoms in total. The summed E-state index contributed by atoms with van der Waals surface area (Å²) in [5.74, 6) is -1.40. The van der Waals surface area contributed by atoms with Gasteiger partial charge in [0.1, 0.15) is 16.8 Å². The van der Waals surface area contributed by atoms with Crippen molar-refractivity contribution in [3.8, 4) is 0 Å². The van der Waals surface area contributed by atoms with E-state index in [2.05, 4.69) is 26.2 Å². The van der Waals surface area contributed by atoms with E-state index in [0.717, 1.165) is 11.1 Å². The number of aromatic nitrogens is 4. The molecule has 0 aliphatic carbocycles. The van der Waals surface area contributed by atoms with E-state index in [1.165, 1.54) is 52.5 Å². The van der Waals surface area contributed by atoms with Crippen molar-refractivity contribution in [2.45, 2.75) is 28.4 Å². The molecule has 1 fully saturated rings. The number of hydrogen-bond donors (Lipinski definition) is 2. The number of esters is 1. The van der Waals surface area contributed by atoms with E-state index in [4.69, 9.17) is 13.9 Å². The van der Waals surface area contributed by atoms with Crippen molar-refractivity contribution in [3.63, 3.8) is 0 Å². The number of benzene rings is 2. The number of nitrogens with zero attached hydrogens (tertiary/aromatic N) is 5. The van der Waals surface area contributed by atoms with Gasteiger partial charge < -0.3 is 24.5 Å². The van der Waals surface area contributed by atoms with E-state index < -0.39 is 41.0 Å². The van der Waals surface area contributed by atoms with Gasteiger partial charge in [-0.05, 0) is 39.3 Å². The molecule has 2 aromatic heterocycles. The second kappa shape index (κ2) is 13.8. The Kier molecular flexibility index (Phi) is 9.42. The molecule has 242 valence electrons. The lowest BCUT2D eigenvalue weighted by molar-refractivity contribution is -0.193. The van der Waals surface area contributed by atoms with Crippen molar-refractivity contribution in [3.05, 3.63) is 107 Å². The van der Waals surface area contributed by atoms with Crippen LogP contribution in [0.1, 0.15) is 29.0 Å². The summed E-state index contributed by atoms with van der Waals surface area (Å²) in [7, 11) is 2.99. The number of tetrazole rings is 1. The Bertz CT molecular complexity index is 1750. The van der Waals surface area contributed by atoms with E-state index in [9.17, 15) is 19.2 Å².